The van der Waals surface area contributed by atoms with Gasteiger partial charge in [-0.1, -0.05) is 30.3 Å². The summed E-state index contributed by atoms with van der Waals surface area (Å²) in [6, 6.07) is 13.5. The van der Waals surface area contributed by atoms with Crippen molar-refractivity contribution in [2.75, 3.05) is 26.8 Å². The van der Waals surface area contributed by atoms with Crippen LogP contribution in [-0.4, -0.2) is 37.3 Å². The molecule has 6 nitrogen and oxygen atoms in total. The van der Waals surface area contributed by atoms with E-state index < -0.39 is 0 Å². The number of pyridine rings is 1. The van der Waals surface area contributed by atoms with Crippen LogP contribution < -0.4 is 16.2 Å². The third-order valence-corrected chi connectivity index (χ3v) is 4.17. The number of aromatic nitrogens is 1. The van der Waals surface area contributed by atoms with Gasteiger partial charge in [0.15, 0.2) is 5.96 Å². The molecule has 0 radical (unpaired) electrons. The minimum absolute atomic E-state index is 0.0133. The summed E-state index contributed by atoms with van der Waals surface area (Å²) in [4.78, 5) is 16.0. The van der Waals surface area contributed by atoms with E-state index in [9.17, 15) is 4.79 Å². The fraction of sp³-hybridized carbons (Fsp3) is 0.429. The number of nitrogens with zero attached hydrogens (tertiary/aromatic N) is 2. The van der Waals surface area contributed by atoms with Gasteiger partial charge >= 0.3 is 0 Å². The highest BCUT2D eigenvalue weighted by molar-refractivity contribution is 5.79. The van der Waals surface area contributed by atoms with Crippen molar-refractivity contribution in [3.63, 3.8) is 0 Å². The fourth-order valence-corrected chi connectivity index (χ4v) is 2.64. The number of benzene rings is 1. The molecule has 2 rings (SSSR count). The summed E-state index contributed by atoms with van der Waals surface area (Å²) >= 11 is 0. The second kappa shape index (κ2) is 11.9. The molecule has 27 heavy (non-hydrogen) atoms. The van der Waals surface area contributed by atoms with Crippen LogP contribution in [0.15, 0.2) is 58.4 Å². The van der Waals surface area contributed by atoms with E-state index in [1.165, 1.54) is 5.56 Å². The van der Waals surface area contributed by atoms with Crippen LogP contribution >= 0.6 is 0 Å². The Bertz CT molecular complexity index is 753. The Morgan fingerprint density at radius 1 is 1.07 bits per heavy atom. The first-order chi connectivity index (χ1) is 13.2. The van der Waals surface area contributed by atoms with Gasteiger partial charge in [-0.05, 0) is 37.0 Å². The van der Waals surface area contributed by atoms with Crippen LogP contribution in [0.5, 0.6) is 0 Å². The van der Waals surface area contributed by atoms with E-state index in [1.807, 2.05) is 19.2 Å². The van der Waals surface area contributed by atoms with Gasteiger partial charge in [-0.15, -0.1) is 0 Å². The quantitative estimate of drug-likeness (QED) is 0.383. The number of ether oxygens (including phenoxy) is 1. The van der Waals surface area contributed by atoms with E-state index in [0.717, 1.165) is 44.1 Å². The van der Waals surface area contributed by atoms with Crippen LogP contribution in [0.1, 0.15) is 30.9 Å². The molecule has 1 heterocycles. The molecule has 146 valence electrons. The summed E-state index contributed by atoms with van der Waals surface area (Å²) in [7, 11) is 1.77. The lowest BCUT2D eigenvalue weighted by Crippen LogP contribution is -2.37. The van der Waals surface area contributed by atoms with Gasteiger partial charge in [0.05, 0.1) is 6.54 Å². The zero-order valence-electron chi connectivity index (χ0n) is 16.3. The second-order valence-corrected chi connectivity index (χ2v) is 6.24. The van der Waals surface area contributed by atoms with Gasteiger partial charge < -0.3 is 19.9 Å². The molecule has 0 spiro atoms. The normalized spacial score (nSPS) is 11.4. The monoisotopic (exact) mass is 370 g/mol. The van der Waals surface area contributed by atoms with Crippen LogP contribution in [-0.2, 0) is 17.8 Å². The Balaban J connectivity index is 1.75. The molecule has 2 aromatic rings. The van der Waals surface area contributed by atoms with Crippen LogP contribution in [0.3, 0.4) is 0 Å². The summed E-state index contributed by atoms with van der Waals surface area (Å²) in [5, 5.41) is 6.63. The van der Waals surface area contributed by atoms with Gasteiger partial charge in [-0.25, -0.2) is 0 Å². The average Bonchev–Trinajstić information content (AvgIpc) is 2.70. The van der Waals surface area contributed by atoms with E-state index in [4.69, 9.17) is 4.74 Å². The summed E-state index contributed by atoms with van der Waals surface area (Å²) in [6.07, 6.45) is 3.90. The Kier molecular flexibility index (Phi) is 9.13. The highest BCUT2D eigenvalue weighted by Crippen LogP contribution is 2.05. The summed E-state index contributed by atoms with van der Waals surface area (Å²) in [6.45, 7) is 5.75. The number of hydrogen-bond acceptors (Lipinski definition) is 3. The van der Waals surface area contributed by atoms with Crippen molar-refractivity contribution in [2.24, 2.45) is 4.99 Å². The van der Waals surface area contributed by atoms with Crippen molar-refractivity contribution >= 4 is 5.96 Å². The van der Waals surface area contributed by atoms with Crippen molar-refractivity contribution in [2.45, 2.75) is 32.9 Å². The summed E-state index contributed by atoms with van der Waals surface area (Å²) in [5.41, 5.74) is 2.28. The predicted octanol–water partition coefficient (Wildman–Crippen LogP) is 2.38. The number of aliphatic imine (C=N–C) groups is 1. The number of nitrogens with one attached hydrogen (secondary N) is 2. The second-order valence-electron chi connectivity index (χ2n) is 6.24. The summed E-state index contributed by atoms with van der Waals surface area (Å²) < 4.78 is 7.03. The van der Waals surface area contributed by atoms with Gasteiger partial charge in [-0.2, -0.15) is 0 Å². The minimum Gasteiger partial charge on any atom is -0.382 e. The van der Waals surface area contributed by atoms with Crippen molar-refractivity contribution in [3.8, 4) is 0 Å². The first kappa shape index (κ1) is 20.7. The standard InChI is InChI=1S/C21H30N4O2/c1-3-27-15-7-5-13-23-21(22-2)24-16-18-9-11-19(12-10-18)17-25-14-6-4-8-20(25)26/h4,6,8-12,14H,3,5,7,13,15-17H2,1-2H3,(H2,22,23,24). The first-order valence-electron chi connectivity index (χ1n) is 9.48. The molecule has 0 saturated heterocycles. The lowest BCUT2D eigenvalue weighted by molar-refractivity contribution is 0.143. The van der Waals surface area contributed by atoms with Gasteiger partial charge in [0.2, 0.25) is 0 Å². The molecule has 2 N–H and O–H groups in total. The van der Waals surface area contributed by atoms with Crippen LogP contribution in [0.2, 0.25) is 0 Å². The lowest BCUT2D eigenvalue weighted by atomic mass is 10.1. The van der Waals surface area contributed by atoms with Crippen molar-refractivity contribution in [3.05, 3.63) is 70.1 Å². The highest BCUT2D eigenvalue weighted by atomic mass is 16.5. The van der Waals surface area contributed by atoms with E-state index in [1.54, 1.807) is 23.7 Å². The minimum atomic E-state index is 0.0133. The molecule has 1 aromatic carbocycles. The van der Waals surface area contributed by atoms with Crippen molar-refractivity contribution in [1.82, 2.24) is 15.2 Å². The Hall–Kier alpha value is -2.60. The molecule has 6 heteroatoms. The fourth-order valence-electron chi connectivity index (χ4n) is 2.64. The molecule has 0 bridgehead atoms. The van der Waals surface area contributed by atoms with Gasteiger partial charge in [-0.3, -0.25) is 9.79 Å². The van der Waals surface area contributed by atoms with E-state index in [2.05, 4.69) is 39.9 Å². The predicted molar refractivity (Wildman–Crippen MR) is 110 cm³/mol. The molecular weight excluding hydrogens is 340 g/mol. The number of guanidine groups is 1. The van der Waals surface area contributed by atoms with Gasteiger partial charge in [0.25, 0.3) is 5.56 Å². The van der Waals surface area contributed by atoms with Crippen molar-refractivity contribution < 1.29 is 4.74 Å². The average molecular weight is 370 g/mol. The maximum absolute atomic E-state index is 11.8. The largest absolute Gasteiger partial charge is 0.382 e. The molecule has 0 fully saturated rings. The van der Waals surface area contributed by atoms with Crippen LogP contribution in [0, 0.1) is 0 Å². The van der Waals surface area contributed by atoms with E-state index >= 15 is 0 Å². The third kappa shape index (κ3) is 7.66. The Morgan fingerprint density at radius 2 is 1.85 bits per heavy atom. The number of rotatable bonds is 10. The molecule has 0 aliphatic rings. The molecule has 1 aromatic heterocycles. The molecule has 0 amide bonds. The Morgan fingerprint density at radius 3 is 2.56 bits per heavy atom. The Labute approximate surface area is 161 Å². The van der Waals surface area contributed by atoms with Gasteiger partial charge in [0, 0.05) is 45.6 Å². The maximum Gasteiger partial charge on any atom is 0.250 e. The molecule has 0 aliphatic heterocycles. The number of unbranched alkanes of at least 4 members (excludes halogenated alkanes) is 1. The third-order valence-electron chi connectivity index (χ3n) is 4.17. The maximum atomic E-state index is 11.8. The van der Waals surface area contributed by atoms with Crippen LogP contribution in [0.25, 0.3) is 0 Å². The number of hydrogen-bond donors (Lipinski definition) is 2. The molecular formula is C21H30N4O2. The topological polar surface area (TPSA) is 67.7 Å². The van der Waals surface area contributed by atoms with Gasteiger partial charge in [0.1, 0.15) is 0 Å². The van der Waals surface area contributed by atoms with Crippen molar-refractivity contribution in [1.29, 1.82) is 0 Å². The van der Waals surface area contributed by atoms with Crippen LogP contribution in [0.4, 0.5) is 0 Å². The highest BCUT2D eigenvalue weighted by Gasteiger charge is 2.00. The SMILES string of the molecule is CCOCCCCNC(=NC)NCc1ccc(Cn2ccccc2=O)cc1. The van der Waals surface area contributed by atoms with E-state index in [0.29, 0.717) is 13.1 Å². The molecule has 0 atom stereocenters. The molecule has 0 saturated carbocycles. The summed E-state index contributed by atoms with van der Waals surface area (Å²) in [5.74, 6) is 0.798. The smallest absolute Gasteiger partial charge is 0.250 e. The first-order valence-corrected chi connectivity index (χ1v) is 9.48. The zero-order chi connectivity index (χ0) is 19.3. The van der Waals surface area contributed by atoms with E-state index in [-0.39, 0.29) is 5.56 Å². The lowest BCUT2D eigenvalue weighted by Gasteiger charge is -2.12. The zero-order valence-corrected chi connectivity index (χ0v) is 16.3. The molecule has 0 unspecified atom stereocenters. The molecule has 0 aliphatic carbocycles.